The maximum Gasteiger partial charge on any atom is 0.261 e. The highest BCUT2D eigenvalue weighted by molar-refractivity contribution is 6.35. The molecule has 2 heterocycles. The quantitative estimate of drug-likeness (QED) is 0.261. The van der Waals surface area contributed by atoms with Gasteiger partial charge in [0.15, 0.2) is 5.96 Å². The Morgan fingerprint density at radius 1 is 1.17 bits per heavy atom. The van der Waals surface area contributed by atoms with E-state index in [4.69, 9.17) is 28.2 Å². The molecule has 2 aromatic carbocycles. The van der Waals surface area contributed by atoms with E-state index in [0.29, 0.717) is 76.0 Å². The van der Waals surface area contributed by atoms with E-state index in [9.17, 15) is 15.0 Å². The highest BCUT2D eigenvalue weighted by Gasteiger charge is 2.56. The van der Waals surface area contributed by atoms with E-state index < -0.39 is 6.10 Å². The molecule has 6 atom stereocenters. The Morgan fingerprint density at radius 3 is 2.69 bits per heavy atom. The van der Waals surface area contributed by atoms with Crippen molar-refractivity contribution in [3.05, 3.63) is 68.7 Å². The van der Waals surface area contributed by atoms with Gasteiger partial charge in [-0.3, -0.25) is 9.36 Å². The zero-order valence-corrected chi connectivity index (χ0v) is 25.8. The van der Waals surface area contributed by atoms with Crippen molar-refractivity contribution in [2.45, 2.75) is 71.2 Å². The van der Waals surface area contributed by atoms with Crippen molar-refractivity contribution in [3.8, 4) is 0 Å². The van der Waals surface area contributed by atoms with Gasteiger partial charge in [0.05, 0.1) is 42.0 Å². The van der Waals surface area contributed by atoms with Crippen LogP contribution in [-0.4, -0.2) is 62.0 Å². The van der Waals surface area contributed by atoms with Crippen LogP contribution in [0.5, 0.6) is 0 Å². The van der Waals surface area contributed by atoms with Crippen molar-refractivity contribution in [1.29, 1.82) is 0 Å². The number of anilines is 1. The molecule has 1 aromatic heterocycles. The average Bonchev–Trinajstić information content (AvgIpc) is 3.34. The van der Waals surface area contributed by atoms with Crippen LogP contribution >= 0.6 is 23.2 Å². The van der Waals surface area contributed by atoms with Crippen LogP contribution in [0.1, 0.15) is 45.6 Å². The summed E-state index contributed by atoms with van der Waals surface area (Å²) in [6.45, 7) is 7.85. The Hall–Kier alpha value is -2.65. The number of likely N-dealkylation sites (tertiary alicyclic amines) is 1. The number of nitrogens with one attached hydrogen (secondary N) is 1. The normalized spacial score (nSPS) is 28.6. The molecule has 0 amide bonds. The Morgan fingerprint density at radius 2 is 1.98 bits per heavy atom. The van der Waals surface area contributed by atoms with Crippen LogP contribution in [-0.2, 0) is 13.0 Å². The molecule has 0 spiro atoms. The van der Waals surface area contributed by atoms with Crippen LogP contribution < -0.4 is 10.9 Å². The van der Waals surface area contributed by atoms with Crippen molar-refractivity contribution in [2.75, 3.05) is 18.5 Å². The fourth-order valence-electron chi connectivity index (χ4n) is 7.44. The molecule has 2 bridgehead atoms. The molecule has 10 heteroatoms. The molecule has 4 fully saturated rings. The van der Waals surface area contributed by atoms with Gasteiger partial charge in [0, 0.05) is 28.8 Å². The van der Waals surface area contributed by atoms with Gasteiger partial charge in [-0.2, -0.15) is 0 Å². The van der Waals surface area contributed by atoms with Crippen molar-refractivity contribution in [1.82, 2.24) is 14.5 Å². The Bertz CT molecular complexity index is 1570. The zero-order chi connectivity index (χ0) is 29.8. The van der Waals surface area contributed by atoms with E-state index in [1.807, 2.05) is 23.1 Å². The van der Waals surface area contributed by atoms with Crippen LogP contribution in [0.3, 0.4) is 0 Å². The minimum absolute atomic E-state index is 0.0592. The summed E-state index contributed by atoms with van der Waals surface area (Å²) >= 11 is 12.3. The minimum Gasteiger partial charge on any atom is -0.394 e. The number of halogens is 2. The molecule has 8 nitrogen and oxygen atoms in total. The largest absolute Gasteiger partial charge is 0.394 e. The summed E-state index contributed by atoms with van der Waals surface area (Å²) in [6.07, 6.45) is 4.43. The van der Waals surface area contributed by atoms with Crippen molar-refractivity contribution in [2.24, 2.45) is 28.2 Å². The van der Waals surface area contributed by atoms with Gasteiger partial charge >= 0.3 is 0 Å². The van der Waals surface area contributed by atoms with E-state index >= 15 is 0 Å². The second-order valence-corrected chi connectivity index (χ2v) is 13.8. The number of aryl methyl sites for hydroxylation is 2. The Balaban J connectivity index is 1.25. The van der Waals surface area contributed by atoms with Crippen LogP contribution in [0.2, 0.25) is 10.0 Å². The van der Waals surface area contributed by atoms with Crippen LogP contribution in [0, 0.1) is 23.2 Å². The first-order valence-electron chi connectivity index (χ1n) is 14.9. The number of aliphatic hydroxyl groups is 2. The summed E-state index contributed by atoms with van der Waals surface area (Å²) < 4.78 is 1.60. The minimum atomic E-state index is -0.523. The highest BCUT2D eigenvalue weighted by Crippen LogP contribution is 2.61. The number of aliphatic hydroxyl groups excluding tert-OH is 2. The predicted molar refractivity (Wildman–Crippen MR) is 168 cm³/mol. The fraction of sp³-hybridized carbons (Fsp3) is 0.531. The number of β-amino-alcohol motifs (C(OH)–C–C–N with tert-alkyl or cyclic N) is 1. The Labute approximate surface area is 256 Å². The van der Waals surface area contributed by atoms with E-state index in [0.717, 1.165) is 17.7 Å². The molecule has 3 aliphatic carbocycles. The maximum atomic E-state index is 13.3. The first kappa shape index (κ1) is 29.4. The molecule has 1 aliphatic heterocycles. The second kappa shape index (κ2) is 11.5. The van der Waals surface area contributed by atoms with Gasteiger partial charge in [-0.25, -0.2) is 9.98 Å². The number of hydrogen-bond donors (Lipinski definition) is 3. The molecule has 0 radical (unpaired) electrons. The number of nitrogens with zero attached hydrogens (tertiary/aromatic N) is 4. The zero-order valence-electron chi connectivity index (χ0n) is 24.3. The van der Waals surface area contributed by atoms with E-state index in [1.165, 1.54) is 6.42 Å². The van der Waals surface area contributed by atoms with E-state index in [-0.39, 0.29) is 24.2 Å². The third-order valence-electron chi connectivity index (χ3n) is 10.2. The molecule has 0 unspecified atom stereocenters. The molecular formula is C32H39Cl2N5O3. The molecule has 1 saturated heterocycles. The predicted octanol–water partition coefficient (Wildman–Crippen LogP) is 5.21. The number of aromatic nitrogens is 2. The number of rotatable bonds is 6. The number of hydrogen-bond acceptors (Lipinski definition) is 5. The average molecular weight is 613 g/mol. The van der Waals surface area contributed by atoms with Crippen molar-refractivity contribution >= 4 is 45.8 Å². The lowest BCUT2D eigenvalue weighted by Crippen LogP contribution is -2.56. The molecule has 42 heavy (non-hydrogen) atoms. The van der Waals surface area contributed by atoms with E-state index in [2.05, 4.69) is 31.1 Å². The van der Waals surface area contributed by atoms with Gasteiger partial charge in [-0.15, -0.1) is 0 Å². The molecular weight excluding hydrogens is 573 g/mol. The molecule has 4 aliphatic rings. The summed E-state index contributed by atoms with van der Waals surface area (Å²) in [5.74, 6) is 2.41. The lowest BCUT2D eigenvalue weighted by Gasteiger charge is -2.61. The molecule has 3 aromatic rings. The highest BCUT2D eigenvalue weighted by atomic mass is 35.5. The fourth-order valence-corrected chi connectivity index (χ4v) is 7.95. The third-order valence-corrected chi connectivity index (χ3v) is 10.8. The maximum absolute atomic E-state index is 13.3. The van der Waals surface area contributed by atoms with Crippen LogP contribution in [0.25, 0.3) is 10.9 Å². The number of fused-ring (bicyclic) bond motifs is 3. The number of aliphatic imine (C=N–C) groups is 1. The molecule has 3 N–H and O–H groups in total. The standard InChI is InChI=1S/C32H39Cl2N5O3/c1-18-26-10-20(32(26,2)3)11-28(18)37-31(39-15-24(41)14-23(39)16-40)36-22-6-7-25-29(13-22)35-17-38(30(25)42)9-8-19-4-5-21(33)12-27(19)34/h4-7,12-13,17-18,20,23-24,26,28,40-41H,8-11,14-16H2,1-3H3,(H,36,37)/t18-,20-,23+,24+,26+,28-/m0/s1. The van der Waals surface area contributed by atoms with Gasteiger partial charge < -0.3 is 20.4 Å². The lowest BCUT2D eigenvalue weighted by molar-refractivity contribution is -0.108. The third kappa shape index (κ3) is 5.43. The lowest BCUT2D eigenvalue weighted by atomic mass is 9.45. The van der Waals surface area contributed by atoms with Crippen LogP contribution in [0.4, 0.5) is 5.69 Å². The van der Waals surface area contributed by atoms with E-state index in [1.54, 1.807) is 29.1 Å². The second-order valence-electron chi connectivity index (χ2n) is 12.9. The summed E-state index contributed by atoms with van der Waals surface area (Å²) in [7, 11) is 0. The van der Waals surface area contributed by atoms with Gasteiger partial charge in [-0.1, -0.05) is 50.0 Å². The van der Waals surface area contributed by atoms with Gasteiger partial charge in [0.2, 0.25) is 0 Å². The smallest absolute Gasteiger partial charge is 0.261 e. The summed E-state index contributed by atoms with van der Waals surface area (Å²) in [5.41, 5.74) is 2.49. The number of benzene rings is 2. The summed E-state index contributed by atoms with van der Waals surface area (Å²) in [4.78, 5) is 25.1. The van der Waals surface area contributed by atoms with Crippen molar-refractivity contribution < 1.29 is 10.2 Å². The van der Waals surface area contributed by atoms with Gasteiger partial charge in [0.25, 0.3) is 5.56 Å². The molecule has 224 valence electrons. The molecule has 7 rings (SSSR count). The summed E-state index contributed by atoms with van der Waals surface area (Å²) in [6, 6.07) is 10.8. The first-order valence-corrected chi connectivity index (χ1v) is 15.6. The van der Waals surface area contributed by atoms with Gasteiger partial charge in [0.1, 0.15) is 0 Å². The van der Waals surface area contributed by atoms with Crippen molar-refractivity contribution in [3.63, 3.8) is 0 Å². The van der Waals surface area contributed by atoms with Gasteiger partial charge in [-0.05, 0) is 84.7 Å². The molecule has 3 saturated carbocycles. The summed E-state index contributed by atoms with van der Waals surface area (Å²) in [5, 5.41) is 25.7. The first-order chi connectivity index (χ1) is 20.0. The van der Waals surface area contributed by atoms with Crippen LogP contribution in [0.15, 0.2) is 52.5 Å². The SMILES string of the molecule is C[C@@H]1[C@@H](/N=C(/Nc2ccc3c(=O)n(CCc4ccc(Cl)cc4Cl)cnc3c2)N2C[C@H](O)C[C@@H]2CO)C[C@@H]2C[C@H]1C2(C)C. The number of guanidine groups is 1. The topological polar surface area (TPSA) is 103 Å². The Kier molecular flexibility index (Phi) is 8.02. The monoisotopic (exact) mass is 611 g/mol.